The molecule has 2 bridgehead atoms. The van der Waals surface area contributed by atoms with E-state index in [4.69, 9.17) is 4.74 Å². The summed E-state index contributed by atoms with van der Waals surface area (Å²) in [5.41, 5.74) is 0. The van der Waals surface area contributed by atoms with Crippen LogP contribution in [0, 0.1) is 5.92 Å². The quantitative estimate of drug-likeness (QED) is 0.728. The van der Waals surface area contributed by atoms with Gasteiger partial charge in [-0.05, 0) is 31.6 Å². The van der Waals surface area contributed by atoms with E-state index in [9.17, 15) is 0 Å². The maximum atomic E-state index is 6.25. The van der Waals surface area contributed by atoms with E-state index >= 15 is 0 Å². The standard InChI is InChI=1S/C12H21NO/c1-2-4-11(5-3-1)14-12-7-10-6-9(12)8-13-10/h9-13H,1-8H2/t9-,10-,12?/m1/s1. The highest BCUT2D eigenvalue weighted by molar-refractivity contribution is 4.96. The summed E-state index contributed by atoms with van der Waals surface area (Å²) in [5.74, 6) is 0.835. The van der Waals surface area contributed by atoms with Crippen molar-refractivity contribution in [3.05, 3.63) is 0 Å². The van der Waals surface area contributed by atoms with Gasteiger partial charge in [0.2, 0.25) is 0 Å². The number of fused-ring (bicyclic) bond motifs is 2. The molecule has 3 atom stereocenters. The lowest BCUT2D eigenvalue weighted by Crippen LogP contribution is -2.36. The predicted molar refractivity (Wildman–Crippen MR) is 56.3 cm³/mol. The first-order valence-corrected chi connectivity index (χ1v) is 6.30. The Morgan fingerprint density at radius 1 is 1.00 bits per heavy atom. The fourth-order valence-electron chi connectivity index (χ4n) is 3.40. The number of nitrogens with one attached hydrogen (secondary N) is 1. The molecule has 1 saturated heterocycles. The number of ether oxygens (including phenoxy) is 1. The van der Waals surface area contributed by atoms with Crippen LogP contribution in [0.3, 0.4) is 0 Å². The van der Waals surface area contributed by atoms with Crippen LogP contribution in [0.25, 0.3) is 0 Å². The smallest absolute Gasteiger partial charge is 0.0634 e. The molecule has 80 valence electrons. The zero-order valence-electron chi connectivity index (χ0n) is 8.87. The average Bonchev–Trinajstić information content (AvgIpc) is 2.81. The Balaban J connectivity index is 1.52. The molecule has 3 rings (SSSR count). The van der Waals surface area contributed by atoms with Gasteiger partial charge in [0.15, 0.2) is 0 Å². The first kappa shape index (κ1) is 9.17. The molecule has 1 N–H and O–H groups in total. The van der Waals surface area contributed by atoms with Crippen molar-refractivity contribution in [2.75, 3.05) is 6.54 Å². The van der Waals surface area contributed by atoms with Crippen LogP contribution in [-0.4, -0.2) is 24.8 Å². The van der Waals surface area contributed by atoms with Crippen molar-refractivity contribution in [3.63, 3.8) is 0 Å². The van der Waals surface area contributed by atoms with Gasteiger partial charge in [0.25, 0.3) is 0 Å². The number of hydrogen-bond donors (Lipinski definition) is 1. The van der Waals surface area contributed by atoms with Crippen LogP contribution in [0.1, 0.15) is 44.9 Å². The largest absolute Gasteiger partial charge is 0.375 e. The number of hydrogen-bond acceptors (Lipinski definition) is 2. The normalized spacial score (nSPS) is 43.3. The molecule has 0 aromatic heterocycles. The maximum absolute atomic E-state index is 6.25. The lowest BCUT2D eigenvalue weighted by atomic mass is 9.97. The molecular formula is C12H21NO. The highest BCUT2D eigenvalue weighted by Crippen LogP contribution is 2.35. The third kappa shape index (κ3) is 1.70. The minimum Gasteiger partial charge on any atom is -0.375 e. The monoisotopic (exact) mass is 195 g/mol. The van der Waals surface area contributed by atoms with E-state index in [-0.39, 0.29) is 0 Å². The molecule has 1 aliphatic heterocycles. The molecule has 2 nitrogen and oxygen atoms in total. The van der Waals surface area contributed by atoms with Gasteiger partial charge in [-0.15, -0.1) is 0 Å². The van der Waals surface area contributed by atoms with Crippen molar-refractivity contribution in [2.24, 2.45) is 5.92 Å². The molecular weight excluding hydrogens is 174 g/mol. The summed E-state index contributed by atoms with van der Waals surface area (Å²) in [6, 6.07) is 0.786. The van der Waals surface area contributed by atoms with E-state index in [0.29, 0.717) is 12.2 Å². The molecule has 0 radical (unpaired) electrons. The predicted octanol–water partition coefficient (Wildman–Crippen LogP) is 2.09. The SMILES string of the molecule is C1CCC(OC2C[C@H]3C[C@@H]2CN3)CC1. The third-order valence-corrected chi connectivity index (χ3v) is 4.22. The molecule has 3 fully saturated rings. The zero-order chi connectivity index (χ0) is 9.38. The van der Waals surface area contributed by atoms with Gasteiger partial charge in [-0.2, -0.15) is 0 Å². The van der Waals surface area contributed by atoms with Crippen LogP contribution >= 0.6 is 0 Å². The zero-order valence-corrected chi connectivity index (χ0v) is 8.87. The molecule has 3 aliphatic rings. The number of piperidine rings is 1. The fourth-order valence-corrected chi connectivity index (χ4v) is 3.40. The second-order valence-electron chi connectivity index (χ2n) is 5.27. The summed E-state index contributed by atoms with van der Waals surface area (Å²) in [4.78, 5) is 0. The molecule has 2 aliphatic carbocycles. The van der Waals surface area contributed by atoms with Crippen molar-refractivity contribution in [1.29, 1.82) is 0 Å². The Hall–Kier alpha value is -0.0800. The molecule has 1 unspecified atom stereocenters. The summed E-state index contributed by atoms with van der Waals surface area (Å²) < 4.78 is 6.25. The second kappa shape index (κ2) is 3.82. The van der Waals surface area contributed by atoms with Crippen molar-refractivity contribution < 1.29 is 4.74 Å². The molecule has 0 aromatic rings. The maximum Gasteiger partial charge on any atom is 0.0634 e. The molecule has 2 heteroatoms. The topological polar surface area (TPSA) is 21.3 Å². The Kier molecular flexibility index (Phi) is 2.50. The average molecular weight is 195 g/mol. The highest BCUT2D eigenvalue weighted by atomic mass is 16.5. The van der Waals surface area contributed by atoms with Crippen LogP contribution in [-0.2, 0) is 4.74 Å². The highest BCUT2D eigenvalue weighted by Gasteiger charge is 2.41. The minimum absolute atomic E-state index is 0.601. The Bertz CT molecular complexity index is 200. The summed E-state index contributed by atoms with van der Waals surface area (Å²) in [7, 11) is 0. The van der Waals surface area contributed by atoms with Gasteiger partial charge in [-0.3, -0.25) is 0 Å². The van der Waals surface area contributed by atoms with Crippen molar-refractivity contribution >= 4 is 0 Å². The van der Waals surface area contributed by atoms with E-state index < -0.39 is 0 Å². The van der Waals surface area contributed by atoms with Gasteiger partial charge in [-0.1, -0.05) is 19.3 Å². The van der Waals surface area contributed by atoms with Crippen LogP contribution in [0.15, 0.2) is 0 Å². The first-order chi connectivity index (χ1) is 6.92. The van der Waals surface area contributed by atoms with E-state index in [1.54, 1.807) is 0 Å². The van der Waals surface area contributed by atoms with Gasteiger partial charge in [0.1, 0.15) is 0 Å². The van der Waals surface area contributed by atoms with E-state index in [0.717, 1.165) is 12.0 Å². The molecule has 0 amide bonds. The number of rotatable bonds is 2. The molecule has 14 heavy (non-hydrogen) atoms. The van der Waals surface area contributed by atoms with Gasteiger partial charge in [-0.25, -0.2) is 0 Å². The third-order valence-electron chi connectivity index (χ3n) is 4.22. The lowest BCUT2D eigenvalue weighted by molar-refractivity contribution is -0.0507. The van der Waals surface area contributed by atoms with Crippen LogP contribution in [0.5, 0.6) is 0 Å². The Morgan fingerprint density at radius 2 is 1.86 bits per heavy atom. The van der Waals surface area contributed by atoms with E-state index in [2.05, 4.69) is 5.32 Å². The lowest BCUT2D eigenvalue weighted by Gasteiger charge is -2.30. The van der Waals surface area contributed by atoms with Gasteiger partial charge < -0.3 is 10.1 Å². The summed E-state index contributed by atoms with van der Waals surface area (Å²) in [6.07, 6.45) is 10.7. The van der Waals surface area contributed by atoms with Crippen LogP contribution in [0.4, 0.5) is 0 Å². The van der Waals surface area contributed by atoms with E-state index in [1.165, 1.54) is 51.5 Å². The summed E-state index contributed by atoms with van der Waals surface area (Å²) in [6.45, 7) is 1.21. The first-order valence-electron chi connectivity index (χ1n) is 6.30. The van der Waals surface area contributed by atoms with Crippen molar-refractivity contribution in [3.8, 4) is 0 Å². The fraction of sp³-hybridized carbons (Fsp3) is 1.00. The molecule has 2 saturated carbocycles. The van der Waals surface area contributed by atoms with Gasteiger partial charge in [0, 0.05) is 12.6 Å². The van der Waals surface area contributed by atoms with Crippen molar-refractivity contribution in [1.82, 2.24) is 5.32 Å². The van der Waals surface area contributed by atoms with Gasteiger partial charge in [0.05, 0.1) is 12.2 Å². The summed E-state index contributed by atoms with van der Waals surface area (Å²) in [5, 5.41) is 3.54. The second-order valence-corrected chi connectivity index (χ2v) is 5.27. The minimum atomic E-state index is 0.601. The van der Waals surface area contributed by atoms with Crippen molar-refractivity contribution in [2.45, 2.75) is 63.2 Å². The molecule has 0 aromatic carbocycles. The molecule has 0 spiro atoms. The Morgan fingerprint density at radius 3 is 2.50 bits per heavy atom. The van der Waals surface area contributed by atoms with Gasteiger partial charge >= 0.3 is 0 Å². The molecule has 1 heterocycles. The Labute approximate surface area is 86.4 Å². The van der Waals surface area contributed by atoms with Crippen LogP contribution < -0.4 is 5.32 Å². The van der Waals surface area contributed by atoms with Crippen LogP contribution in [0.2, 0.25) is 0 Å². The summed E-state index contributed by atoms with van der Waals surface area (Å²) >= 11 is 0. The van der Waals surface area contributed by atoms with E-state index in [1.807, 2.05) is 0 Å².